The van der Waals surface area contributed by atoms with Crippen molar-refractivity contribution >= 4 is 10.0 Å². The number of nitrogens with one attached hydrogen (secondary N) is 1. The average Bonchev–Trinajstić information content (AvgIpc) is 2.36. The van der Waals surface area contributed by atoms with Crippen molar-refractivity contribution in [2.75, 3.05) is 13.2 Å². The van der Waals surface area contributed by atoms with E-state index in [0.29, 0.717) is 0 Å². The van der Waals surface area contributed by atoms with E-state index in [1.807, 2.05) is 4.72 Å². The molecule has 5 nitrogen and oxygen atoms in total. The fourth-order valence-corrected chi connectivity index (χ4v) is 3.37. The van der Waals surface area contributed by atoms with Crippen LogP contribution in [0.4, 0.5) is 13.2 Å². The molecule has 120 valence electrons. The Labute approximate surface area is 120 Å². The summed E-state index contributed by atoms with van der Waals surface area (Å²) in [6.45, 7) is 0.863. The van der Waals surface area contributed by atoms with Gasteiger partial charge in [-0.25, -0.2) is 13.1 Å². The van der Waals surface area contributed by atoms with Crippen molar-refractivity contribution in [2.24, 2.45) is 0 Å². The molecule has 1 aromatic carbocycles. The molecule has 1 rings (SSSR count). The first-order valence-electron chi connectivity index (χ1n) is 5.89. The number of aliphatic hydroxyl groups is 2. The van der Waals surface area contributed by atoms with Gasteiger partial charge >= 0.3 is 6.18 Å². The maximum absolute atomic E-state index is 12.8. The predicted molar refractivity (Wildman–Crippen MR) is 69.1 cm³/mol. The molecule has 0 aliphatic carbocycles. The quantitative estimate of drug-likeness (QED) is 0.754. The minimum absolute atomic E-state index is 0.448. The summed E-state index contributed by atoms with van der Waals surface area (Å²) in [5.41, 5.74) is -3.07. The number of rotatable bonds is 5. The molecule has 0 atom stereocenters. The van der Waals surface area contributed by atoms with E-state index in [9.17, 15) is 21.6 Å². The van der Waals surface area contributed by atoms with Gasteiger partial charge in [-0.15, -0.1) is 0 Å². The van der Waals surface area contributed by atoms with E-state index in [-0.39, 0.29) is 0 Å². The van der Waals surface area contributed by atoms with Crippen LogP contribution in [-0.2, 0) is 16.2 Å². The molecule has 0 saturated heterocycles. The Morgan fingerprint density at radius 2 is 1.71 bits per heavy atom. The Bertz CT molecular complexity index is 609. The molecule has 0 heterocycles. The van der Waals surface area contributed by atoms with Gasteiger partial charge in [0.25, 0.3) is 0 Å². The van der Waals surface area contributed by atoms with Gasteiger partial charge in [-0.3, -0.25) is 0 Å². The Hall–Kier alpha value is -1.16. The van der Waals surface area contributed by atoms with Crippen LogP contribution in [-0.4, -0.2) is 37.4 Å². The maximum Gasteiger partial charge on any atom is 0.416 e. The number of hydrogen-bond donors (Lipinski definition) is 3. The van der Waals surface area contributed by atoms with E-state index in [4.69, 9.17) is 10.2 Å². The highest BCUT2D eigenvalue weighted by molar-refractivity contribution is 7.89. The lowest BCUT2D eigenvalue weighted by atomic mass is 10.1. The number of sulfonamides is 1. The molecule has 0 aromatic heterocycles. The molecule has 3 N–H and O–H groups in total. The summed E-state index contributed by atoms with van der Waals surface area (Å²) in [7, 11) is -4.33. The van der Waals surface area contributed by atoms with Crippen LogP contribution in [0.15, 0.2) is 23.1 Å². The summed E-state index contributed by atoms with van der Waals surface area (Å²) in [6, 6.07) is 2.80. The monoisotopic (exact) mass is 327 g/mol. The third kappa shape index (κ3) is 3.94. The Morgan fingerprint density at radius 3 is 2.14 bits per heavy atom. The molecule has 0 spiro atoms. The van der Waals surface area contributed by atoms with Crippen LogP contribution in [0.5, 0.6) is 0 Å². The Balaban J connectivity index is 3.34. The van der Waals surface area contributed by atoms with E-state index in [2.05, 4.69) is 0 Å². The van der Waals surface area contributed by atoms with Gasteiger partial charge in [0.15, 0.2) is 0 Å². The van der Waals surface area contributed by atoms with E-state index < -0.39 is 51.0 Å². The van der Waals surface area contributed by atoms with Crippen LogP contribution in [0.25, 0.3) is 0 Å². The number of alkyl halides is 3. The van der Waals surface area contributed by atoms with E-state index in [0.717, 1.165) is 25.1 Å². The molecular formula is C12H16F3NO4S. The van der Waals surface area contributed by atoms with Gasteiger partial charge in [0.05, 0.1) is 29.2 Å². The van der Waals surface area contributed by atoms with Gasteiger partial charge in [0.1, 0.15) is 0 Å². The highest BCUT2D eigenvalue weighted by atomic mass is 32.2. The normalized spacial score (nSPS) is 13.5. The zero-order valence-electron chi connectivity index (χ0n) is 11.4. The minimum Gasteiger partial charge on any atom is -0.394 e. The summed E-state index contributed by atoms with van der Waals surface area (Å²) in [5, 5.41) is 18.2. The first-order chi connectivity index (χ1) is 9.47. The number of benzene rings is 1. The second-order valence-electron chi connectivity index (χ2n) is 4.91. The van der Waals surface area contributed by atoms with Crippen LogP contribution in [0.1, 0.15) is 18.1 Å². The van der Waals surface area contributed by atoms with Crippen LogP contribution in [0, 0.1) is 6.92 Å². The molecule has 0 unspecified atom stereocenters. The number of aliphatic hydroxyl groups excluding tert-OH is 2. The molecule has 0 radical (unpaired) electrons. The van der Waals surface area contributed by atoms with E-state index >= 15 is 0 Å². The largest absolute Gasteiger partial charge is 0.416 e. The maximum atomic E-state index is 12.8. The van der Waals surface area contributed by atoms with Crippen molar-refractivity contribution < 1.29 is 31.8 Å². The van der Waals surface area contributed by atoms with Crippen LogP contribution >= 0.6 is 0 Å². The lowest BCUT2D eigenvalue weighted by Gasteiger charge is -2.26. The lowest BCUT2D eigenvalue weighted by Crippen LogP contribution is -2.51. The molecule has 21 heavy (non-hydrogen) atoms. The summed E-state index contributed by atoms with van der Waals surface area (Å²) < 4.78 is 64.7. The van der Waals surface area contributed by atoms with Crippen LogP contribution in [0.2, 0.25) is 0 Å². The van der Waals surface area contributed by atoms with Gasteiger partial charge in [-0.05, 0) is 31.5 Å². The lowest BCUT2D eigenvalue weighted by molar-refractivity contribution is -0.138. The van der Waals surface area contributed by atoms with E-state index in [1.165, 1.54) is 6.92 Å². The summed E-state index contributed by atoms with van der Waals surface area (Å²) in [6.07, 6.45) is -4.67. The zero-order valence-corrected chi connectivity index (χ0v) is 12.2. The van der Waals surface area contributed by atoms with Gasteiger partial charge < -0.3 is 10.2 Å². The van der Waals surface area contributed by atoms with Crippen LogP contribution < -0.4 is 4.72 Å². The molecule has 9 heteroatoms. The van der Waals surface area contributed by atoms with Crippen molar-refractivity contribution in [3.05, 3.63) is 29.3 Å². The minimum atomic E-state index is -4.67. The van der Waals surface area contributed by atoms with Gasteiger partial charge in [-0.2, -0.15) is 13.2 Å². The standard InChI is InChI=1S/C12H16F3NO4S/c1-8-9(12(13,14)15)4-3-5-10(8)21(19,20)16-11(2,6-17)7-18/h3-5,16-18H,6-7H2,1-2H3. The van der Waals surface area contributed by atoms with Gasteiger partial charge in [0.2, 0.25) is 10.0 Å². The molecule has 0 amide bonds. The van der Waals surface area contributed by atoms with Crippen molar-refractivity contribution in [3.63, 3.8) is 0 Å². The van der Waals surface area contributed by atoms with E-state index in [1.54, 1.807) is 0 Å². The summed E-state index contributed by atoms with van der Waals surface area (Å²) in [5.74, 6) is 0. The second-order valence-corrected chi connectivity index (χ2v) is 6.56. The molecule has 0 aliphatic heterocycles. The van der Waals surface area contributed by atoms with Crippen LogP contribution in [0.3, 0.4) is 0 Å². The van der Waals surface area contributed by atoms with Gasteiger partial charge in [-0.1, -0.05) is 6.07 Å². The molecule has 0 saturated carbocycles. The van der Waals surface area contributed by atoms with Crippen molar-refractivity contribution in [2.45, 2.75) is 30.5 Å². The zero-order chi connectivity index (χ0) is 16.5. The smallest absolute Gasteiger partial charge is 0.394 e. The highest BCUT2D eigenvalue weighted by Crippen LogP contribution is 2.34. The molecular weight excluding hydrogens is 311 g/mol. The highest BCUT2D eigenvalue weighted by Gasteiger charge is 2.36. The van der Waals surface area contributed by atoms with Gasteiger partial charge in [0, 0.05) is 0 Å². The molecule has 1 aromatic rings. The first-order valence-corrected chi connectivity index (χ1v) is 7.38. The SMILES string of the molecule is Cc1c(C(F)(F)F)cccc1S(=O)(=O)NC(C)(CO)CO. The fourth-order valence-electron chi connectivity index (χ4n) is 1.71. The molecule has 0 fully saturated rings. The predicted octanol–water partition coefficient (Wildman–Crippen LogP) is 1.04. The Morgan fingerprint density at radius 1 is 1.19 bits per heavy atom. The van der Waals surface area contributed by atoms with Crippen molar-refractivity contribution in [1.82, 2.24) is 4.72 Å². The fraction of sp³-hybridized carbons (Fsp3) is 0.500. The van der Waals surface area contributed by atoms with Crippen molar-refractivity contribution in [1.29, 1.82) is 0 Å². The summed E-state index contributed by atoms with van der Waals surface area (Å²) >= 11 is 0. The number of halogens is 3. The summed E-state index contributed by atoms with van der Waals surface area (Å²) in [4.78, 5) is -0.551. The number of hydrogen-bond acceptors (Lipinski definition) is 4. The van der Waals surface area contributed by atoms with Crippen molar-refractivity contribution in [3.8, 4) is 0 Å². The first kappa shape index (κ1) is 17.9. The molecule has 0 bridgehead atoms. The average molecular weight is 327 g/mol. The second kappa shape index (κ2) is 5.91. The molecule has 0 aliphatic rings. The Kier molecular flexibility index (Phi) is 5.04. The third-order valence-electron chi connectivity index (χ3n) is 2.96. The third-order valence-corrected chi connectivity index (χ3v) is 4.74. The topological polar surface area (TPSA) is 86.6 Å².